The van der Waals surface area contributed by atoms with Gasteiger partial charge in [0.25, 0.3) is 0 Å². The van der Waals surface area contributed by atoms with Crippen molar-refractivity contribution in [2.24, 2.45) is 5.73 Å². The number of hydrogen-bond acceptors (Lipinski definition) is 2. The van der Waals surface area contributed by atoms with Gasteiger partial charge in [-0.3, -0.25) is 4.79 Å². The molecule has 18 heavy (non-hydrogen) atoms. The molecule has 0 fully saturated rings. The zero-order valence-corrected chi connectivity index (χ0v) is 10.9. The standard InChI is InChI=1S/C14H21FN2O/c1-3-4-5-13(16)14(18)17-10(2)11-6-8-12(15)9-7-11/h6-10,13H,3-5,16H2,1-2H3,(H,17,18)/t10-,13?/m1/s1. The molecule has 0 aliphatic rings. The quantitative estimate of drug-likeness (QED) is 0.817. The number of nitrogens with two attached hydrogens (primary N) is 1. The maximum Gasteiger partial charge on any atom is 0.237 e. The predicted octanol–water partition coefficient (Wildman–Crippen LogP) is 2.52. The Balaban J connectivity index is 2.51. The summed E-state index contributed by atoms with van der Waals surface area (Å²) in [5.74, 6) is -0.433. The molecule has 1 unspecified atom stereocenters. The zero-order chi connectivity index (χ0) is 13.5. The number of benzene rings is 1. The van der Waals surface area contributed by atoms with Crippen LogP contribution in [0.2, 0.25) is 0 Å². The van der Waals surface area contributed by atoms with Crippen LogP contribution in [0.25, 0.3) is 0 Å². The van der Waals surface area contributed by atoms with E-state index in [9.17, 15) is 9.18 Å². The van der Waals surface area contributed by atoms with Gasteiger partial charge < -0.3 is 11.1 Å². The third-order valence-corrected chi connectivity index (χ3v) is 2.93. The van der Waals surface area contributed by atoms with Gasteiger partial charge >= 0.3 is 0 Å². The van der Waals surface area contributed by atoms with E-state index in [4.69, 9.17) is 5.73 Å². The first kappa shape index (κ1) is 14.6. The average Bonchev–Trinajstić information content (AvgIpc) is 2.36. The van der Waals surface area contributed by atoms with E-state index in [1.807, 2.05) is 6.92 Å². The van der Waals surface area contributed by atoms with E-state index in [-0.39, 0.29) is 17.8 Å². The van der Waals surface area contributed by atoms with Crippen LogP contribution in [-0.2, 0) is 4.79 Å². The summed E-state index contributed by atoms with van der Waals surface area (Å²) in [4.78, 5) is 11.8. The fourth-order valence-electron chi connectivity index (χ4n) is 1.71. The molecule has 0 heterocycles. The van der Waals surface area contributed by atoms with E-state index in [2.05, 4.69) is 12.2 Å². The minimum absolute atomic E-state index is 0.153. The number of unbranched alkanes of at least 4 members (excludes halogenated alkanes) is 1. The molecule has 0 spiro atoms. The summed E-state index contributed by atoms with van der Waals surface area (Å²) in [5.41, 5.74) is 6.65. The maximum absolute atomic E-state index is 12.8. The van der Waals surface area contributed by atoms with Crippen LogP contribution in [-0.4, -0.2) is 11.9 Å². The summed E-state index contributed by atoms with van der Waals surface area (Å²) in [6.07, 6.45) is 2.66. The van der Waals surface area contributed by atoms with Crippen molar-refractivity contribution in [3.05, 3.63) is 35.6 Å². The van der Waals surface area contributed by atoms with Crippen molar-refractivity contribution in [3.63, 3.8) is 0 Å². The Bertz CT molecular complexity index is 378. The fraction of sp³-hybridized carbons (Fsp3) is 0.500. The van der Waals surface area contributed by atoms with Gasteiger partial charge in [0.05, 0.1) is 12.1 Å². The lowest BCUT2D eigenvalue weighted by Gasteiger charge is -2.17. The highest BCUT2D eigenvalue weighted by Crippen LogP contribution is 2.13. The van der Waals surface area contributed by atoms with Crippen LogP contribution in [0.1, 0.15) is 44.7 Å². The van der Waals surface area contributed by atoms with Crippen LogP contribution in [0.5, 0.6) is 0 Å². The highest BCUT2D eigenvalue weighted by molar-refractivity contribution is 5.81. The Kier molecular flexibility index (Phi) is 5.78. The first-order valence-electron chi connectivity index (χ1n) is 6.36. The van der Waals surface area contributed by atoms with Crippen LogP contribution >= 0.6 is 0 Å². The molecule has 0 saturated carbocycles. The van der Waals surface area contributed by atoms with Crippen LogP contribution < -0.4 is 11.1 Å². The third-order valence-electron chi connectivity index (χ3n) is 2.93. The largest absolute Gasteiger partial charge is 0.348 e. The van der Waals surface area contributed by atoms with Crippen molar-refractivity contribution in [3.8, 4) is 0 Å². The van der Waals surface area contributed by atoms with Gasteiger partial charge in [0, 0.05) is 0 Å². The molecule has 0 aromatic heterocycles. The minimum Gasteiger partial charge on any atom is -0.348 e. The van der Waals surface area contributed by atoms with Crippen molar-refractivity contribution in [1.82, 2.24) is 5.32 Å². The Hall–Kier alpha value is -1.42. The van der Waals surface area contributed by atoms with Crippen molar-refractivity contribution in [2.45, 2.75) is 45.2 Å². The van der Waals surface area contributed by atoms with Gasteiger partial charge in [-0.1, -0.05) is 31.9 Å². The molecule has 3 nitrogen and oxygen atoms in total. The van der Waals surface area contributed by atoms with Crippen LogP contribution in [0, 0.1) is 5.82 Å². The van der Waals surface area contributed by atoms with Gasteiger partial charge in [0.1, 0.15) is 5.82 Å². The van der Waals surface area contributed by atoms with E-state index in [0.717, 1.165) is 18.4 Å². The van der Waals surface area contributed by atoms with Gasteiger partial charge in [-0.05, 0) is 31.0 Å². The van der Waals surface area contributed by atoms with Crippen molar-refractivity contribution in [1.29, 1.82) is 0 Å². The summed E-state index contributed by atoms with van der Waals surface area (Å²) in [5, 5.41) is 2.84. The van der Waals surface area contributed by atoms with Gasteiger partial charge in [-0.25, -0.2) is 4.39 Å². The van der Waals surface area contributed by atoms with Gasteiger partial charge in [0.15, 0.2) is 0 Å². The lowest BCUT2D eigenvalue weighted by molar-refractivity contribution is -0.123. The van der Waals surface area contributed by atoms with Crippen LogP contribution in [0.3, 0.4) is 0 Å². The predicted molar refractivity (Wildman–Crippen MR) is 70.5 cm³/mol. The Labute approximate surface area is 108 Å². The monoisotopic (exact) mass is 252 g/mol. The second kappa shape index (κ2) is 7.11. The SMILES string of the molecule is CCCCC(N)C(=O)N[C@H](C)c1ccc(F)cc1. The average molecular weight is 252 g/mol. The normalized spacial score (nSPS) is 14.0. The lowest BCUT2D eigenvalue weighted by Crippen LogP contribution is -2.41. The van der Waals surface area contributed by atoms with Gasteiger partial charge in [-0.15, -0.1) is 0 Å². The second-order valence-corrected chi connectivity index (χ2v) is 4.53. The third kappa shape index (κ3) is 4.45. The number of rotatable bonds is 6. The van der Waals surface area contributed by atoms with Crippen LogP contribution in [0.15, 0.2) is 24.3 Å². The molecule has 1 rings (SSSR count). The van der Waals surface area contributed by atoms with Gasteiger partial charge in [-0.2, -0.15) is 0 Å². The second-order valence-electron chi connectivity index (χ2n) is 4.53. The Morgan fingerprint density at radius 1 is 1.39 bits per heavy atom. The topological polar surface area (TPSA) is 55.1 Å². The van der Waals surface area contributed by atoms with E-state index < -0.39 is 6.04 Å². The molecular weight excluding hydrogens is 231 g/mol. The molecule has 0 aliphatic carbocycles. The fourth-order valence-corrected chi connectivity index (χ4v) is 1.71. The van der Waals surface area contributed by atoms with E-state index >= 15 is 0 Å². The first-order valence-corrected chi connectivity index (χ1v) is 6.36. The highest BCUT2D eigenvalue weighted by atomic mass is 19.1. The molecule has 3 N–H and O–H groups in total. The first-order chi connectivity index (χ1) is 8.54. The molecule has 1 aromatic rings. The molecule has 0 aliphatic heterocycles. The van der Waals surface area contributed by atoms with E-state index in [0.29, 0.717) is 6.42 Å². The summed E-state index contributed by atoms with van der Waals surface area (Å²) in [6.45, 7) is 3.92. The summed E-state index contributed by atoms with van der Waals surface area (Å²) in [7, 11) is 0. The maximum atomic E-state index is 12.8. The lowest BCUT2D eigenvalue weighted by atomic mass is 10.1. The van der Waals surface area contributed by atoms with E-state index in [1.165, 1.54) is 12.1 Å². The number of amides is 1. The zero-order valence-electron chi connectivity index (χ0n) is 10.9. The van der Waals surface area contributed by atoms with E-state index in [1.54, 1.807) is 12.1 Å². The van der Waals surface area contributed by atoms with Crippen molar-refractivity contribution in [2.75, 3.05) is 0 Å². The number of carbonyl (C=O) groups is 1. The highest BCUT2D eigenvalue weighted by Gasteiger charge is 2.15. The molecule has 1 aromatic carbocycles. The van der Waals surface area contributed by atoms with Gasteiger partial charge in [0.2, 0.25) is 5.91 Å². The Morgan fingerprint density at radius 2 is 2.00 bits per heavy atom. The van der Waals surface area contributed by atoms with Crippen molar-refractivity contribution < 1.29 is 9.18 Å². The number of carbonyl (C=O) groups excluding carboxylic acids is 1. The molecule has 2 atom stereocenters. The molecule has 0 saturated heterocycles. The summed E-state index contributed by atoms with van der Waals surface area (Å²) < 4.78 is 12.8. The molecular formula is C14H21FN2O. The summed E-state index contributed by atoms with van der Waals surface area (Å²) in [6, 6.07) is 5.47. The van der Waals surface area contributed by atoms with Crippen molar-refractivity contribution >= 4 is 5.91 Å². The van der Waals surface area contributed by atoms with Crippen LogP contribution in [0.4, 0.5) is 4.39 Å². The molecule has 4 heteroatoms. The smallest absolute Gasteiger partial charge is 0.237 e. The number of halogens is 1. The Morgan fingerprint density at radius 3 is 2.56 bits per heavy atom. The molecule has 0 radical (unpaired) electrons. The molecule has 100 valence electrons. The minimum atomic E-state index is -0.465. The molecule has 1 amide bonds. The summed E-state index contributed by atoms with van der Waals surface area (Å²) >= 11 is 0. The molecule has 0 bridgehead atoms. The number of hydrogen-bond donors (Lipinski definition) is 2. The number of nitrogens with one attached hydrogen (secondary N) is 1.